The summed E-state index contributed by atoms with van der Waals surface area (Å²) in [5.74, 6) is 0.144. The summed E-state index contributed by atoms with van der Waals surface area (Å²) in [5.41, 5.74) is 3.26. The second-order valence-electron chi connectivity index (χ2n) is 10.2. The van der Waals surface area contributed by atoms with E-state index in [-0.39, 0.29) is 5.97 Å². The van der Waals surface area contributed by atoms with E-state index in [1.54, 1.807) is 15.6 Å². The van der Waals surface area contributed by atoms with E-state index in [2.05, 4.69) is 25.2 Å². The molecule has 0 saturated carbocycles. The van der Waals surface area contributed by atoms with Crippen molar-refractivity contribution >= 4 is 33.6 Å². The second kappa shape index (κ2) is 12.1. The largest absolute Gasteiger partial charge is 0.468 e. The Labute approximate surface area is 221 Å². The van der Waals surface area contributed by atoms with E-state index in [4.69, 9.17) is 4.74 Å². The van der Waals surface area contributed by atoms with Gasteiger partial charge in [-0.2, -0.15) is 0 Å². The summed E-state index contributed by atoms with van der Waals surface area (Å²) in [6.07, 6.45) is 0.907. The maximum atomic E-state index is 12.4. The van der Waals surface area contributed by atoms with Gasteiger partial charge in [0.15, 0.2) is 0 Å². The minimum atomic E-state index is -2.15. The van der Waals surface area contributed by atoms with Gasteiger partial charge in [0.1, 0.15) is 11.0 Å². The molecule has 2 atom stereocenters. The first-order valence-corrected chi connectivity index (χ1v) is 13.9. The molecule has 0 saturated heterocycles. The molecule has 0 amide bonds. The SMILES string of the molecule is COC(=O)[C@@H](NCc1ccc(-c2cc(CC(C)C)sc2N(S(=O)O)C(C)(C)C)cc1)c1ccccc1. The summed E-state index contributed by atoms with van der Waals surface area (Å²) in [6.45, 7) is 10.6. The highest BCUT2D eigenvalue weighted by atomic mass is 32.2. The zero-order valence-corrected chi connectivity index (χ0v) is 23.4. The lowest BCUT2D eigenvalue weighted by Gasteiger charge is -2.33. The van der Waals surface area contributed by atoms with Crippen molar-refractivity contribution in [2.75, 3.05) is 11.4 Å². The maximum Gasteiger partial charge on any atom is 0.327 e. The van der Waals surface area contributed by atoms with Crippen LogP contribution in [-0.2, 0) is 33.8 Å². The highest BCUT2D eigenvalue weighted by Crippen LogP contribution is 2.43. The predicted molar refractivity (Wildman–Crippen MR) is 149 cm³/mol. The topological polar surface area (TPSA) is 78.9 Å². The Morgan fingerprint density at radius 2 is 1.75 bits per heavy atom. The standard InChI is InChI=1S/C28H36N2O4S2/c1-19(2)16-23-17-24(26(35-23)30(36(32)33)28(3,4)5)21-14-12-20(13-15-21)18-29-25(27(31)34-6)22-10-8-7-9-11-22/h7-15,17,19,25,29H,16,18H2,1-6H3,(H,32,33)/t25-/m0/s1. The van der Waals surface area contributed by atoms with Gasteiger partial charge in [-0.25, -0.2) is 9.00 Å². The van der Waals surface area contributed by atoms with Crippen LogP contribution >= 0.6 is 11.3 Å². The van der Waals surface area contributed by atoms with E-state index < -0.39 is 22.8 Å². The lowest BCUT2D eigenvalue weighted by molar-refractivity contribution is -0.143. The van der Waals surface area contributed by atoms with Crippen molar-refractivity contribution < 1.29 is 18.3 Å². The smallest absolute Gasteiger partial charge is 0.327 e. The Hall–Kier alpha value is -2.52. The zero-order chi connectivity index (χ0) is 26.5. The Balaban J connectivity index is 1.88. The number of carbonyl (C=O) groups is 1. The number of nitrogens with one attached hydrogen (secondary N) is 1. The van der Waals surface area contributed by atoms with Gasteiger partial charge in [0.2, 0.25) is 0 Å². The Morgan fingerprint density at radius 1 is 1.11 bits per heavy atom. The molecule has 0 aliphatic carbocycles. The van der Waals surface area contributed by atoms with Crippen molar-refractivity contribution in [3.63, 3.8) is 0 Å². The molecule has 2 N–H and O–H groups in total. The molecule has 1 aromatic heterocycles. The van der Waals surface area contributed by atoms with Crippen molar-refractivity contribution in [1.29, 1.82) is 0 Å². The van der Waals surface area contributed by atoms with Crippen molar-refractivity contribution in [3.05, 3.63) is 76.7 Å². The minimum Gasteiger partial charge on any atom is -0.468 e. The first-order chi connectivity index (χ1) is 17.0. The molecule has 0 aliphatic rings. The molecule has 1 heterocycles. The number of methoxy groups -OCH3 is 1. The Kier molecular flexibility index (Phi) is 9.47. The second-order valence-corrected chi connectivity index (χ2v) is 12.1. The minimum absolute atomic E-state index is 0.335. The first-order valence-electron chi connectivity index (χ1n) is 12.0. The summed E-state index contributed by atoms with van der Waals surface area (Å²) in [4.78, 5) is 13.5. The number of carbonyl (C=O) groups excluding carboxylic acids is 1. The Bertz CT molecular complexity index is 1170. The monoisotopic (exact) mass is 528 g/mol. The molecule has 0 bridgehead atoms. The van der Waals surface area contributed by atoms with Crippen molar-refractivity contribution in [3.8, 4) is 11.1 Å². The third-order valence-electron chi connectivity index (χ3n) is 5.67. The average Bonchev–Trinajstić information content (AvgIpc) is 3.20. The molecule has 8 heteroatoms. The highest BCUT2D eigenvalue weighted by Gasteiger charge is 2.31. The number of rotatable bonds is 10. The van der Waals surface area contributed by atoms with E-state index in [9.17, 15) is 13.6 Å². The quantitative estimate of drug-likeness (QED) is 0.236. The van der Waals surface area contributed by atoms with Gasteiger partial charge in [0.05, 0.1) is 7.11 Å². The van der Waals surface area contributed by atoms with E-state index in [1.807, 2.05) is 75.4 Å². The molecule has 0 spiro atoms. The van der Waals surface area contributed by atoms with Crippen molar-refractivity contribution in [1.82, 2.24) is 5.32 Å². The van der Waals surface area contributed by atoms with E-state index in [0.717, 1.165) is 33.7 Å². The number of ether oxygens (including phenoxy) is 1. The molecule has 1 unspecified atom stereocenters. The highest BCUT2D eigenvalue weighted by molar-refractivity contribution is 7.81. The summed E-state index contributed by atoms with van der Waals surface area (Å²) < 4.78 is 29.1. The number of esters is 1. The van der Waals surface area contributed by atoms with E-state index in [1.165, 1.54) is 12.0 Å². The van der Waals surface area contributed by atoms with Gasteiger partial charge >= 0.3 is 5.97 Å². The van der Waals surface area contributed by atoms with Crippen LogP contribution in [0.15, 0.2) is 60.7 Å². The maximum absolute atomic E-state index is 12.4. The van der Waals surface area contributed by atoms with E-state index >= 15 is 0 Å². The van der Waals surface area contributed by atoms with Crippen LogP contribution < -0.4 is 9.62 Å². The summed E-state index contributed by atoms with van der Waals surface area (Å²) in [7, 11) is 1.39. The lowest BCUT2D eigenvalue weighted by atomic mass is 10.0. The third-order valence-corrected chi connectivity index (χ3v) is 7.97. The van der Waals surface area contributed by atoms with Crippen LogP contribution in [0, 0.1) is 5.92 Å². The number of hydrogen-bond acceptors (Lipinski definition) is 5. The predicted octanol–water partition coefficient (Wildman–Crippen LogP) is 6.36. The molecule has 0 radical (unpaired) electrons. The zero-order valence-electron chi connectivity index (χ0n) is 21.8. The first kappa shape index (κ1) is 28.1. The molecule has 0 fully saturated rings. The third kappa shape index (κ3) is 7.03. The van der Waals surface area contributed by atoms with Gasteiger partial charge in [-0.1, -0.05) is 68.4 Å². The summed E-state index contributed by atoms with van der Waals surface area (Å²) >= 11 is -0.577. The normalized spacial score (nSPS) is 13.4. The number of nitrogens with zero attached hydrogens (tertiary/aromatic N) is 1. The van der Waals surface area contributed by atoms with Gasteiger partial charge < -0.3 is 4.74 Å². The molecule has 6 nitrogen and oxygen atoms in total. The van der Waals surface area contributed by atoms with Crippen LogP contribution in [0.25, 0.3) is 11.1 Å². The molecular formula is C28H36N2O4S2. The van der Waals surface area contributed by atoms with Gasteiger partial charge in [-0.3, -0.25) is 14.2 Å². The molecule has 2 aromatic carbocycles. The molecule has 36 heavy (non-hydrogen) atoms. The molecule has 194 valence electrons. The summed E-state index contributed by atoms with van der Waals surface area (Å²) in [5, 5.41) is 4.09. The number of thiophene rings is 1. The van der Waals surface area contributed by atoms with Crippen molar-refractivity contribution in [2.24, 2.45) is 5.92 Å². The van der Waals surface area contributed by atoms with Crippen LogP contribution in [0.3, 0.4) is 0 Å². The fraction of sp³-hybridized carbons (Fsp3) is 0.393. The van der Waals surface area contributed by atoms with Gasteiger partial charge in [0, 0.05) is 22.5 Å². The van der Waals surface area contributed by atoms with E-state index in [0.29, 0.717) is 12.5 Å². The average molecular weight is 529 g/mol. The van der Waals surface area contributed by atoms with Crippen LogP contribution in [0.4, 0.5) is 5.00 Å². The molecule has 3 aromatic rings. The fourth-order valence-electron chi connectivity index (χ4n) is 4.02. The number of benzene rings is 2. The number of hydrogen-bond donors (Lipinski definition) is 2. The van der Waals surface area contributed by atoms with Gasteiger partial charge in [-0.15, -0.1) is 11.3 Å². The molecular weight excluding hydrogens is 492 g/mol. The Morgan fingerprint density at radius 3 is 2.28 bits per heavy atom. The molecule has 0 aliphatic heterocycles. The van der Waals surface area contributed by atoms with Gasteiger partial charge in [0.25, 0.3) is 11.3 Å². The number of anilines is 1. The van der Waals surface area contributed by atoms with Crippen LogP contribution in [-0.4, -0.2) is 27.4 Å². The van der Waals surface area contributed by atoms with Crippen LogP contribution in [0.1, 0.15) is 56.7 Å². The lowest BCUT2D eigenvalue weighted by Crippen LogP contribution is -2.42. The molecule has 3 rings (SSSR count). The van der Waals surface area contributed by atoms with Crippen molar-refractivity contribution in [2.45, 2.75) is 59.2 Å². The van der Waals surface area contributed by atoms with Crippen LogP contribution in [0.5, 0.6) is 0 Å². The van der Waals surface area contributed by atoms with Crippen LogP contribution in [0.2, 0.25) is 0 Å². The van der Waals surface area contributed by atoms with Gasteiger partial charge in [-0.05, 0) is 55.9 Å². The fourth-order valence-corrected chi connectivity index (χ4v) is 6.52. The summed E-state index contributed by atoms with van der Waals surface area (Å²) in [6, 6.07) is 19.2.